The standard InChI is InChI=1S/C20H17FN4O2S2/c1-11-2-7-15-13(8-11)9-16(29-15)19-23-24-20(26-19)28-10-17-22-18(25-27-17)12-3-5-14(21)6-4-12/h3-6,9,11H,2,7-8,10H2,1H3/t11-/m0/s1. The van der Waals surface area contributed by atoms with Crippen molar-refractivity contribution in [3.8, 4) is 22.2 Å². The van der Waals surface area contributed by atoms with Crippen molar-refractivity contribution in [1.82, 2.24) is 20.3 Å². The lowest BCUT2D eigenvalue weighted by molar-refractivity contribution is 0.391. The summed E-state index contributed by atoms with van der Waals surface area (Å²) in [6.45, 7) is 2.29. The topological polar surface area (TPSA) is 77.8 Å². The Labute approximate surface area is 174 Å². The molecular weight excluding hydrogens is 411 g/mol. The molecule has 9 heteroatoms. The van der Waals surface area contributed by atoms with Crippen LogP contribution in [-0.4, -0.2) is 20.3 Å². The van der Waals surface area contributed by atoms with E-state index in [9.17, 15) is 4.39 Å². The van der Waals surface area contributed by atoms with Crippen molar-refractivity contribution in [3.63, 3.8) is 0 Å². The van der Waals surface area contributed by atoms with E-state index in [1.807, 2.05) is 0 Å². The van der Waals surface area contributed by atoms with Crippen molar-refractivity contribution >= 4 is 23.1 Å². The Morgan fingerprint density at radius 1 is 1.24 bits per heavy atom. The second-order valence-corrected chi connectivity index (χ2v) is 9.15. The third-order valence-electron chi connectivity index (χ3n) is 4.84. The van der Waals surface area contributed by atoms with Crippen molar-refractivity contribution in [1.29, 1.82) is 0 Å². The van der Waals surface area contributed by atoms with Crippen molar-refractivity contribution < 1.29 is 13.3 Å². The van der Waals surface area contributed by atoms with Crippen LogP contribution in [0, 0.1) is 11.7 Å². The fourth-order valence-electron chi connectivity index (χ4n) is 3.33. The zero-order valence-electron chi connectivity index (χ0n) is 15.6. The van der Waals surface area contributed by atoms with E-state index in [0.29, 0.717) is 34.1 Å². The first-order valence-electron chi connectivity index (χ1n) is 9.31. The van der Waals surface area contributed by atoms with Gasteiger partial charge in [-0.1, -0.05) is 23.8 Å². The van der Waals surface area contributed by atoms with Crippen LogP contribution in [-0.2, 0) is 18.6 Å². The summed E-state index contributed by atoms with van der Waals surface area (Å²) in [7, 11) is 0. The van der Waals surface area contributed by atoms with Crippen LogP contribution in [0.4, 0.5) is 4.39 Å². The summed E-state index contributed by atoms with van der Waals surface area (Å²) in [6.07, 6.45) is 3.49. The predicted octanol–water partition coefficient (Wildman–Crippen LogP) is 5.40. The van der Waals surface area contributed by atoms with Gasteiger partial charge in [0, 0.05) is 10.4 Å². The summed E-state index contributed by atoms with van der Waals surface area (Å²) in [6, 6.07) is 8.14. The molecule has 1 atom stereocenters. The van der Waals surface area contributed by atoms with Gasteiger partial charge in [0.25, 0.3) is 11.1 Å². The molecule has 5 rings (SSSR count). The van der Waals surface area contributed by atoms with Gasteiger partial charge in [-0.25, -0.2) is 4.39 Å². The number of rotatable bonds is 5. The predicted molar refractivity (Wildman–Crippen MR) is 108 cm³/mol. The number of fused-ring (bicyclic) bond motifs is 1. The first-order chi connectivity index (χ1) is 14.1. The minimum absolute atomic E-state index is 0.304. The molecule has 0 unspecified atom stereocenters. The zero-order valence-corrected chi connectivity index (χ0v) is 17.2. The van der Waals surface area contributed by atoms with Gasteiger partial charge in [0.15, 0.2) is 0 Å². The molecule has 4 aromatic rings. The number of halogens is 1. The monoisotopic (exact) mass is 428 g/mol. The lowest BCUT2D eigenvalue weighted by Gasteiger charge is -2.16. The number of hydrogen-bond acceptors (Lipinski definition) is 8. The summed E-state index contributed by atoms with van der Waals surface area (Å²) in [4.78, 5) is 6.79. The van der Waals surface area contributed by atoms with Crippen LogP contribution >= 0.6 is 23.1 Å². The maximum absolute atomic E-state index is 13.0. The van der Waals surface area contributed by atoms with E-state index < -0.39 is 0 Å². The lowest BCUT2D eigenvalue weighted by Crippen LogP contribution is -2.07. The average Bonchev–Trinajstić information content (AvgIpc) is 3.45. The number of thiophene rings is 1. The highest BCUT2D eigenvalue weighted by Crippen LogP contribution is 2.37. The average molecular weight is 429 g/mol. The molecule has 0 spiro atoms. The Hall–Kier alpha value is -2.52. The van der Waals surface area contributed by atoms with Gasteiger partial charge in [-0.2, -0.15) is 4.98 Å². The van der Waals surface area contributed by atoms with Crippen molar-refractivity contribution in [3.05, 3.63) is 52.5 Å². The van der Waals surface area contributed by atoms with Gasteiger partial charge >= 0.3 is 0 Å². The van der Waals surface area contributed by atoms with E-state index in [-0.39, 0.29) is 5.82 Å². The Morgan fingerprint density at radius 2 is 2.10 bits per heavy atom. The molecule has 3 aromatic heterocycles. The molecular formula is C20H17FN4O2S2. The highest BCUT2D eigenvalue weighted by Gasteiger charge is 2.21. The lowest BCUT2D eigenvalue weighted by atomic mass is 9.90. The molecule has 1 aromatic carbocycles. The van der Waals surface area contributed by atoms with Gasteiger partial charge in [-0.15, -0.1) is 21.5 Å². The molecule has 0 N–H and O–H groups in total. The summed E-state index contributed by atoms with van der Waals surface area (Å²) < 4.78 is 24.1. The van der Waals surface area contributed by atoms with E-state index in [4.69, 9.17) is 8.94 Å². The fourth-order valence-corrected chi connectivity index (χ4v) is 5.06. The number of aryl methyl sites for hydroxylation is 1. The van der Waals surface area contributed by atoms with E-state index in [1.165, 1.54) is 40.8 Å². The Bertz CT molecular complexity index is 1140. The van der Waals surface area contributed by atoms with Gasteiger partial charge in [-0.3, -0.25) is 0 Å². The molecule has 0 bridgehead atoms. The molecule has 0 fully saturated rings. The smallest absolute Gasteiger partial charge is 0.277 e. The quantitative estimate of drug-likeness (QED) is 0.394. The Kier molecular flexibility index (Phi) is 4.92. The summed E-state index contributed by atoms with van der Waals surface area (Å²) in [5.74, 6) is 2.25. The number of thioether (sulfide) groups is 1. The van der Waals surface area contributed by atoms with Gasteiger partial charge in [0.05, 0.1) is 10.6 Å². The van der Waals surface area contributed by atoms with Gasteiger partial charge < -0.3 is 8.94 Å². The summed E-state index contributed by atoms with van der Waals surface area (Å²) >= 11 is 3.09. The molecule has 3 heterocycles. The van der Waals surface area contributed by atoms with Gasteiger partial charge in [-0.05, 0) is 61.1 Å². The van der Waals surface area contributed by atoms with E-state index in [2.05, 4.69) is 33.3 Å². The number of aromatic nitrogens is 4. The molecule has 0 saturated carbocycles. The van der Waals surface area contributed by atoms with Crippen LogP contribution in [0.2, 0.25) is 0 Å². The van der Waals surface area contributed by atoms with Gasteiger partial charge in [0.2, 0.25) is 11.7 Å². The molecule has 6 nitrogen and oxygen atoms in total. The third kappa shape index (κ3) is 3.97. The Morgan fingerprint density at radius 3 is 2.97 bits per heavy atom. The molecule has 0 aliphatic heterocycles. The highest BCUT2D eigenvalue weighted by atomic mass is 32.2. The van der Waals surface area contributed by atoms with Crippen LogP contribution in [0.5, 0.6) is 0 Å². The van der Waals surface area contributed by atoms with Gasteiger partial charge in [0.1, 0.15) is 5.82 Å². The van der Waals surface area contributed by atoms with Crippen molar-refractivity contribution in [2.45, 2.75) is 37.2 Å². The zero-order chi connectivity index (χ0) is 19.8. The van der Waals surface area contributed by atoms with Crippen molar-refractivity contribution in [2.75, 3.05) is 0 Å². The van der Waals surface area contributed by atoms with Crippen LogP contribution in [0.25, 0.3) is 22.2 Å². The van der Waals surface area contributed by atoms with E-state index >= 15 is 0 Å². The largest absolute Gasteiger partial charge is 0.410 e. The minimum atomic E-state index is -0.304. The third-order valence-corrected chi connectivity index (χ3v) is 6.86. The maximum Gasteiger partial charge on any atom is 0.277 e. The van der Waals surface area contributed by atoms with E-state index in [1.54, 1.807) is 23.5 Å². The Balaban J connectivity index is 1.25. The number of hydrogen-bond donors (Lipinski definition) is 0. The molecule has 1 aliphatic rings. The minimum Gasteiger partial charge on any atom is -0.410 e. The van der Waals surface area contributed by atoms with Crippen LogP contribution in [0.15, 0.2) is 44.5 Å². The van der Waals surface area contributed by atoms with Crippen LogP contribution in [0.3, 0.4) is 0 Å². The molecule has 0 saturated heterocycles. The normalized spacial score (nSPS) is 16.1. The first-order valence-corrected chi connectivity index (χ1v) is 11.1. The second kappa shape index (κ2) is 7.72. The highest BCUT2D eigenvalue weighted by molar-refractivity contribution is 7.98. The van der Waals surface area contributed by atoms with E-state index in [0.717, 1.165) is 23.6 Å². The van der Waals surface area contributed by atoms with Crippen LogP contribution < -0.4 is 0 Å². The number of benzene rings is 1. The molecule has 29 heavy (non-hydrogen) atoms. The number of nitrogens with zero attached hydrogens (tertiary/aromatic N) is 4. The maximum atomic E-state index is 13.0. The molecule has 148 valence electrons. The first kappa shape index (κ1) is 18.5. The molecule has 0 radical (unpaired) electrons. The SMILES string of the molecule is C[C@H]1CCc2sc(-c3nnc(SCc4nc(-c5ccc(F)cc5)no4)o3)cc2C1. The van der Waals surface area contributed by atoms with Crippen LogP contribution in [0.1, 0.15) is 29.7 Å². The van der Waals surface area contributed by atoms with Crippen molar-refractivity contribution in [2.24, 2.45) is 5.92 Å². The second-order valence-electron chi connectivity index (χ2n) is 7.09. The summed E-state index contributed by atoms with van der Waals surface area (Å²) in [5, 5.41) is 12.7. The molecule has 0 amide bonds. The fraction of sp³-hybridized carbons (Fsp3) is 0.300. The molecule has 1 aliphatic carbocycles. The summed E-state index contributed by atoms with van der Waals surface area (Å²) in [5.41, 5.74) is 2.11.